The van der Waals surface area contributed by atoms with Gasteiger partial charge in [-0.1, -0.05) is 35.5 Å². The van der Waals surface area contributed by atoms with Crippen molar-refractivity contribution >= 4 is 17.7 Å². The molecule has 1 unspecified atom stereocenters. The largest absolute Gasteiger partial charge is 0.484 e. The van der Waals surface area contributed by atoms with Crippen molar-refractivity contribution in [1.82, 2.24) is 15.5 Å². The van der Waals surface area contributed by atoms with E-state index in [0.29, 0.717) is 17.7 Å². The molecule has 1 N–H and O–H groups in total. The molecule has 1 atom stereocenters. The minimum Gasteiger partial charge on any atom is -0.484 e. The maximum atomic E-state index is 12.3. The number of rotatable bonds is 9. The molecule has 1 aromatic carbocycles. The van der Waals surface area contributed by atoms with Crippen LogP contribution in [0.3, 0.4) is 0 Å². The molecule has 1 aromatic heterocycles. The average molecular weight is 416 g/mol. The number of amides is 1. The van der Waals surface area contributed by atoms with Gasteiger partial charge in [-0.25, -0.2) is 0 Å². The van der Waals surface area contributed by atoms with Gasteiger partial charge in [0, 0.05) is 6.54 Å². The second-order valence-corrected chi connectivity index (χ2v) is 8.72. The van der Waals surface area contributed by atoms with Crippen LogP contribution in [-0.4, -0.2) is 27.9 Å². The van der Waals surface area contributed by atoms with E-state index < -0.39 is 0 Å². The molecule has 0 spiro atoms. The number of carbonyl (C=O) groups is 1. The number of aromatic nitrogens is 2. The number of nitrogens with zero attached hydrogens (tertiary/aromatic N) is 2. The number of allylic oxidation sites excluding steroid dienone is 1. The van der Waals surface area contributed by atoms with Crippen molar-refractivity contribution in [2.24, 2.45) is 0 Å². The Morgan fingerprint density at radius 1 is 1.31 bits per heavy atom. The number of nitrogens with one attached hydrogen (secondary N) is 1. The topological polar surface area (TPSA) is 77.2 Å². The number of aryl methyl sites for hydroxylation is 2. The summed E-state index contributed by atoms with van der Waals surface area (Å²) in [4.78, 5) is 12.3. The lowest BCUT2D eigenvalue weighted by atomic mass is 9.97. The second-order valence-electron chi connectivity index (χ2n) is 7.43. The van der Waals surface area contributed by atoms with Gasteiger partial charge in [0.05, 0.1) is 5.25 Å². The van der Waals surface area contributed by atoms with Gasteiger partial charge < -0.3 is 14.5 Å². The molecule has 1 aliphatic rings. The zero-order valence-corrected chi connectivity index (χ0v) is 18.2. The van der Waals surface area contributed by atoms with Gasteiger partial charge in [-0.05, 0) is 70.1 Å². The van der Waals surface area contributed by atoms with Gasteiger partial charge in [0.25, 0.3) is 11.1 Å². The van der Waals surface area contributed by atoms with Crippen molar-refractivity contribution in [2.75, 3.05) is 6.54 Å². The van der Waals surface area contributed by atoms with Crippen molar-refractivity contribution < 1.29 is 13.9 Å². The molecule has 0 fully saturated rings. The normalized spacial score (nSPS) is 14.9. The fraction of sp³-hybridized carbons (Fsp3) is 0.500. The van der Waals surface area contributed by atoms with E-state index in [9.17, 15) is 4.79 Å². The molecule has 0 aliphatic heterocycles. The molecule has 156 valence electrons. The third-order valence-electron chi connectivity index (χ3n) is 4.92. The Morgan fingerprint density at radius 3 is 2.97 bits per heavy atom. The maximum Gasteiger partial charge on any atom is 0.277 e. The summed E-state index contributed by atoms with van der Waals surface area (Å²) in [5.41, 5.74) is 3.65. The van der Waals surface area contributed by atoms with Crippen molar-refractivity contribution in [3.63, 3.8) is 0 Å². The first-order chi connectivity index (χ1) is 14.0. The van der Waals surface area contributed by atoms with E-state index in [0.717, 1.165) is 29.7 Å². The fourth-order valence-electron chi connectivity index (χ4n) is 3.17. The molecular formula is C22H29N3O3S. The zero-order chi connectivity index (χ0) is 20.6. The summed E-state index contributed by atoms with van der Waals surface area (Å²) in [7, 11) is 0. The van der Waals surface area contributed by atoms with Crippen molar-refractivity contribution in [3.8, 4) is 5.75 Å². The van der Waals surface area contributed by atoms with Crippen LogP contribution in [0.1, 0.15) is 56.0 Å². The van der Waals surface area contributed by atoms with E-state index in [1.807, 2.05) is 39.0 Å². The number of carbonyl (C=O) groups excluding carboxylic acids is 1. The van der Waals surface area contributed by atoms with Crippen LogP contribution in [0.25, 0.3) is 0 Å². The van der Waals surface area contributed by atoms with Gasteiger partial charge in [-0.2, -0.15) is 0 Å². The molecule has 6 nitrogen and oxygen atoms in total. The molecule has 3 rings (SSSR count). The quantitative estimate of drug-likeness (QED) is 0.470. The smallest absolute Gasteiger partial charge is 0.277 e. The van der Waals surface area contributed by atoms with Crippen molar-refractivity contribution in [3.05, 3.63) is 46.9 Å². The lowest BCUT2D eigenvalue weighted by Gasteiger charge is -2.14. The number of ether oxygens (including phenoxy) is 1. The van der Waals surface area contributed by atoms with Gasteiger partial charge in [0.2, 0.25) is 5.91 Å². The SMILES string of the molecule is Cc1ccc(C)c(OCc2nnc(SC(C)C(=O)NCCC3=CCCCC3)o2)c1. The second kappa shape index (κ2) is 10.5. The summed E-state index contributed by atoms with van der Waals surface area (Å²) >= 11 is 1.26. The molecule has 1 amide bonds. The van der Waals surface area contributed by atoms with Gasteiger partial charge >= 0.3 is 0 Å². The molecule has 1 heterocycles. The first kappa shape index (κ1) is 21.4. The minimum absolute atomic E-state index is 0.0159. The van der Waals surface area contributed by atoms with E-state index >= 15 is 0 Å². The lowest BCUT2D eigenvalue weighted by Crippen LogP contribution is -2.31. The van der Waals surface area contributed by atoms with E-state index in [1.54, 1.807) is 0 Å². The Balaban J connectivity index is 1.43. The van der Waals surface area contributed by atoms with Crippen LogP contribution < -0.4 is 10.1 Å². The molecule has 0 radical (unpaired) electrons. The Labute approximate surface area is 176 Å². The minimum atomic E-state index is -0.302. The van der Waals surface area contributed by atoms with E-state index in [-0.39, 0.29) is 17.8 Å². The van der Waals surface area contributed by atoms with Crippen molar-refractivity contribution in [1.29, 1.82) is 0 Å². The first-order valence-electron chi connectivity index (χ1n) is 10.2. The Hall–Kier alpha value is -2.28. The van der Waals surface area contributed by atoms with Crippen LogP contribution in [0.4, 0.5) is 0 Å². The number of thioether (sulfide) groups is 1. The summed E-state index contributed by atoms with van der Waals surface area (Å²) in [6.07, 6.45) is 8.12. The predicted molar refractivity (Wildman–Crippen MR) is 114 cm³/mol. The molecule has 0 saturated carbocycles. The van der Waals surface area contributed by atoms with E-state index in [1.165, 1.54) is 36.6 Å². The number of benzene rings is 1. The lowest BCUT2D eigenvalue weighted by molar-refractivity contribution is -0.120. The molecular weight excluding hydrogens is 386 g/mol. The maximum absolute atomic E-state index is 12.3. The molecule has 2 aromatic rings. The average Bonchev–Trinajstić information content (AvgIpc) is 3.16. The van der Waals surface area contributed by atoms with Crippen LogP contribution in [-0.2, 0) is 11.4 Å². The third-order valence-corrected chi connectivity index (χ3v) is 5.85. The van der Waals surface area contributed by atoms with Crippen LogP contribution >= 0.6 is 11.8 Å². The molecule has 7 heteroatoms. The first-order valence-corrected chi connectivity index (χ1v) is 11.0. The summed E-state index contributed by atoms with van der Waals surface area (Å²) in [5.74, 6) is 1.18. The van der Waals surface area contributed by atoms with Gasteiger partial charge in [-0.15, -0.1) is 10.2 Å². The Bertz CT molecular complexity index is 863. The summed E-state index contributed by atoms with van der Waals surface area (Å²) in [6.45, 7) is 6.74. The molecule has 0 bridgehead atoms. The Kier molecular flexibility index (Phi) is 7.75. The molecule has 29 heavy (non-hydrogen) atoms. The summed E-state index contributed by atoms with van der Waals surface area (Å²) < 4.78 is 11.4. The highest BCUT2D eigenvalue weighted by atomic mass is 32.2. The molecule has 1 aliphatic carbocycles. The van der Waals surface area contributed by atoms with Gasteiger partial charge in [0.1, 0.15) is 5.75 Å². The summed E-state index contributed by atoms with van der Waals surface area (Å²) in [5, 5.41) is 11.1. The number of hydrogen-bond donors (Lipinski definition) is 1. The zero-order valence-electron chi connectivity index (χ0n) is 17.4. The van der Waals surface area contributed by atoms with Crippen LogP contribution in [0.15, 0.2) is 39.5 Å². The highest BCUT2D eigenvalue weighted by Crippen LogP contribution is 2.24. The highest BCUT2D eigenvalue weighted by molar-refractivity contribution is 8.00. The van der Waals surface area contributed by atoms with Crippen molar-refractivity contribution in [2.45, 2.75) is 70.0 Å². The number of hydrogen-bond acceptors (Lipinski definition) is 6. The Morgan fingerprint density at radius 2 is 2.17 bits per heavy atom. The van der Waals surface area contributed by atoms with Gasteiger partial charge in [0.15, 0.2) is 6.61 Å². The van der Waals surface area contributed by atoms with E-state index in [2.05, 4.69) is 21.6 Å². The highest BCUT2D eigenvalue weighted by Gasteiger charge is 2.18. The van der Waals surface area contributed by atoms with Crippen LogP contribution in [0.2, 0.25) is 0 Å². The third kappa shape index (κ3) is 6.63. The van der Waals surface area contributed by atoms with E-state index in [4.69, 9.17) is 9.15 Å². The standard InChI is InChI=1S/C22H29N3O3S/c1-15-9-10-16(2)19(13-15)27-14-20-24-25-22(28-20)29-17(3)21(26)23-12-11-18-7-5-4-6-8-18/h7,9-10,13,17H,4-6,8,11-12,14H2,1-3H3,(H,23,26). The molecule has 0 saturated heterocycles. The van der Waals surface area contributed by atoms with Gasteiger partial charge in [-0.3, -0.25) is 4.79 Å². The van der Waals surface area contributed by atoms with Crippen LogP contribution in [0.5, 0.6) is 5.75 Å². The fourth-order valence-corrected chi connectivity index (χ4v) is 3.90. The predicted octanol–water partition coefficient (Wildman–Crippen LogP) is 4.75. The monoisotopic (exact) mass is 415 g/mol. The summed E-state index contributed by atoms with van der Waals surface area (Å²) in [6, 6.07) is 6.05. The van der Waals surface area contributed by atoms with Crippen LogP contribution in [0, 0.1) is 13.8 Å².